The van der Waals surface area contributed by atoms with E-state index >= 15 is 0 Å². The number of Topliss-reactive ketones (excluding diaryl/α,β-unsaturated/α-hetero) is 1. The molecule has 5 rings (SSSR count). The van der Waals surface area contributed by atoms with Crippen LogP contribution in [0.4, 0.5) is 22.2 Å². The molecular weight excluding hydrogens is 568 g/mol. The molecule has 1 atom stereocenters. The number of anilines is 3. The average molecular weight is 615 g/mol. The first-order valence-electron chi connectivity index (χ1n) is 16.0. The molecule has 1 fully saturated rings. The molecule has 0 aliphatic carbocycles. The van der Waals surface area contributed by atoms with E-state index in [2.05, 4.69) is 43.0 Å². The summed E-state index contributed by atoms with van der Waals surface area (Å²) in [6, 6.07) is 7.21. The molecule has 0 radical (unpaired) electrons. The number of alkyl carbamates (subject to hydrolysis) is 1. The van der Waals surface area contributed by atoms with Gasteiger partial charge in [-0.3, -0.25) is 9.78 Å². The lowest BCUT2D eigenvalue weighted by Gasteiger charge is -2.34. The molecule has 1 saturated heterocycles. The molecule has 1 amide bonds. The maximum atomic E-state index is 13.3. The molecule has 0 spiro atoms. The van der Waals surface area contributed by atoms with E-state index in [9.17, 15) is 9.59 Å². The zero-order chi connectivity index (χ0) is 32.0. The molecule has 3 N–H and O–H groups in total. The van der Waals surface area contributed by atoms with E-state index in [0.29, 0.717) is 24.0 Å². The number of nitrogens with zero attached hydrogens (tertiary/aromatic N) is 5. The van der Waals surface area contributed by atoms with Gasteiger partial charge in [0, 0.05) is 62.2 Å². The van der Waals surface area contributed by atoms with Crippen LogP contribution in [0.5, 0.6) is 0 Å². The Hall–Kier alpha value is -4.28. The van der Waals surface area contributed by atoms with Gasteiger partial charge in [0.05, 0.1) is 0 Å². The normalized spacial score (nSPS) is 15.9. The maximum absolute atomic E-state index is 13.3. The van der Waals surface area contributed by atoms with E-state index in [1.807, 2.05) is 34.6 Å². The lowest BCUT2D eigenvalue weighted by Crippen LogP contribution is -2.46. The van der Waals surface area contributed by atoms with E-state index in [4.69, 9.17) is 14.7 Å². The largest absolute Gasteiger partial charge is 0.445 e. The van der Waals surface area contributed by atoms with Crippen LogP contribution in [-0.4, -0.2) is 64.0 Å². The summed E-state index contributed by atoms with van der Waals surface area (Å²) in [6.45, 7) is 12.9. The van der Waals surface area contributed by atoms with Gasteiger partial charge in [0.25, 0.3) is 0 Å². The van der Waals surface area contributed by atoms with Crippen molar-refractivity contribution in [3.63, 3.8) is 0 Å². The van der Waals surface area contributed by atoms with Crippen molar-refractivity contribution >= 4 is 29.3 Å². The highest BCUT2D eigenvalue weighted by molar-refractivity contribution is 5.88. The summed E-state index contributed by atoms with van der Waals surface area (Å²) in [7, 11) is 0. The van der Waals surface area contributed by atoms with Crippen LogP contribution in [0, 0.1) is 19.3 Å². The SMILES string of the molecule is Cc1nc(NC[C@H](NC(=O)OCc2ccncc2)C(=O)CC(C)(C)C)c(C)c(N2CCC(c3ccc4c(n3)NCCC4)CC2)n1. The highest BCUT2D eigenvalue weighted by Gasteiger charge is 2.28. The van der Waals surface area contributed by atoms with Crippen LogP contribution in [-0.2, 0) is 22.6 Å². The van der Waals surface area contributed by atoms with Gasteiger partial charge in [-0.15, -0.1) is 0 Å². The number of hydrogen-bond acceptors (Lipinski definition) is 10. The molecule has 0 unspecified atom stereocenters. The van der Waals surface area contributed by atoms with E-state index < -0.39 is 12.1 Å². The van der Waals surface area contributed by atoms with Crippen LogP contribution in [0.15, 0.2) is 36.7 Å². The van der Waals surface area contributed by atoms with Crippen molar-refractivity contribution in [3.8, 4) is 0 Å². The summed E-state index contributed by atoms with van der Waals surface area (Å²) in [4.78, 5) is 46.8. The minimum absolute atomic E-state index is 0.0763. The third kappa shape index (κ3) is 8.67. The molecule has 5 heterocycles. The summed E-state index contributed by atoms with van der Waals surface area (Å²) in [6.07, 6.45) is 7.17. The van der Waals surface area contributed by atoms with E-state index in [1.165, 1.54) is 11.3 Å². The summed E-state index contributed by atoms with van der Waals surface area (Å²) < 4.78 is 5.40. The Labute approximate surface area is 266 Å². The molecule has 2 aliphatic heterocycles. The van der Waals surface area contributed by atoms with Gasteiger partial charge < -0.3 is 25.6 Å². The highest BCUT2D eigenvalue weighted by atomic mass is 16.5. The first-order chi connectivity index (χ1) is 21.6. The molecule has 0 aromatic carbocycles. The van der Waals surface area contributed by atoms with Crippen molar-refractivity contribution in [3.05, 3.63) is 64.9 Å². The molecule has 240 valence electrons. The molecule has 11 nitrogen and oxygen atoms in total. The van der Waals surface area contributed by atoms with Crippen LogP contribution in [0.3, 0.4) is 0 Å². The summed E-state index contributed by atoms with van der Waals surface area (Å²) >= 11 is 0. The van der Waals surface area contributed by atoms with Crippen molar-refractivity contribution in [1.82, 2.24) is 25.3 Å². The van der Waals surface area contributed by atoms with Crippen molar-refractivity contribution in [2.75, 3.05) is 41.7 Å². The highest BCUT2D eigenvalue weighted by Crippen LogP contribution is 2.33. The Morgan fingerprint density at radius 3 is 2.56 bits per heavy atom. The van der Waals surface area contributed by atoms with Crippen LogP contribution >= 0.6 is 0 Å². The molecule has 0 saturated carbocycles. The molecule has 0 bridgehead atoms. The zero-order valence-corrected chi connectivity index (χ0v) is 27.2. The second-order valence-corrected chi connectivity index (χ2v) is 13.3. The number of pyridine rings is 2. The molecular formula is C34H46N8O3. The molecule has 2 aliphatic rings. The van der Waals surface area contributed by atoms with Crippen molar-refractivity contribution in [2.24, 2.45) is 5.41 Å². The first kappa shape index (κ1) is 32.1. The first-order valence-corrected chi connectivity index (χ1v) is 16.0. The van der Waals surface area contributed by atoms with Gasteiger partial charge in [0.1, 0.15) is 35.9 Å². The van der Waals surface area contributed by atoms with Crippen molar-refractivity contribution < 1.29 is 14.3 Å². The zero-order valence-electron chi connectivity index (χ0n) is 27.2. The lowest BCUT2D eigenvalue weighted by molar-refractivity contribution is -0.122. The fourth-order valence-electron chi connectivity index (χ4n) is 5.95. The van der Waals surface area contributed by atoms with Gasteiger partial charge in [-0.25, -0.2) is 19.7 Å². The summed E-state index contributed by atoms with van der Waals surface area (Å²) in [5.74, 6) is 3.58. The number of rotatable bonds is 10. The van der Waals surface area contributed by atoms with E-state index in [0.717, 1.165) is 68.1 Å². The van der Waals surface area contributed by atoms with E-state index in [-0.39, 0.29) is 24.3 Å². The van der Waals surface area contributed by atoms with Gasteiger partial charge >= 0.3 is 6.09 Å². The van der Waals surface area contributed by atoms with E-state index in [1.54, 1.807) is 24.5 Å². The van der Waals surface area contributed by atoms with Crippen LogP contribution in [0.25, 0.3) is 0 Å². The monoisotopic (exact) mass is 614 g/mol. The number of aromatic nitrogens is 4. The maximum Gasteiger partial charge on any atom is 0.408 e. The summed E-state index contributed by atoms with van der Waals surface area (Å²) in [5.41, 5.74) is 3.98. The Balaban J connectivity index is 1.23. The third-order valence-electron chi connectivity index (χ3n) is 8.34. The predicted octanol–water partition coefficient (Wildman–Crippen LogP) is 5.34. The molecule has 3 aromatic rings. The number of amides is 1. The van der Waals surface area contributed by atoms with Crippen molar-refractivity contribution in [1.29, 1.82) is 0 Å². The number of carbonyl (C=O) groups excluding carboxylic acids is 2. The second-order valence-electron chi connectivity index (χ2n) is 13.3. The average Bonchev–Trinajstić information content (AvgIpc) is 3.02. The second kappa shape index (κ2) is 14.2. The van der Waals surface area contributed by atoms with Crippen molar-refractivity contribution in [2.45, 2.75) is 85.3 Å². The number of nitrogens with one attached hydrogen (secondary N) is 3. The number of aryl methyl sites for hydroxylation is 2. The van der Waals surface area contributed by atoms with Crippen LogP contribution < -0.4 is 20.9 Å². The predicted molar refractivity (Wildman–Crippen MR) is 176 cm³/mol. The van der Waals surface area contributed by atoms with Gasteiger partial charge in [-0.1, -0.05) is 26.8 Å². The van der Waals surface area contributed by atoms with Gasteiger partial charge in [0.2, 0.25) is 0 Å². The Morgan fingerprint density at radius 1 is 1.07 bits per heavy atom. The smallest absolute Gasteiger partial charge is 0.408 e. The minimum Gasteiger partial charge on any atom is -0.445 e. The van der Waals surface area contributed by atoms with Gasteiger partial charge in [-0.05, 0) is 74.3 Å². The lowest BCUT2D eigenvalue weighted by atomic mass is 9.88. The Bertz CT molecular complexity index is 1480. The number of ether oxygens (including phenoxy) is 1. The minimum atomic E-state index is -0.790. The standard InChI is InChI=1S/C34H46N8O3/c1-22-30(37-20-28(29(43)19-34(3,4)5)41-33(44)45-21-24-10-15-35-16-11-24)38-23(2)39-32(22)42-17-12-25(13-18-42)27-9-8-26-7-6-14-36-31(26)40-27/h8-11,15-16,25,28H,6-7,12-14,17-21H2,1-5H3,(H,36,40)(H,41,44)(H,37,38,39)/t28-/m0/s1. The molecule has 11 heteroatoms. The Kier molecular flexibility index (Phi) is 10.1. The quantitative estimate of drug-likeness (QED) is 0.275. The summed E-state index contributed by atoms with van der Waals surface area (Å²) in [5, 5.41) is 9.59. The van der Waals surface area contributed by atoms with Gasteiger partial charge in [-0.2, -0.15) is 0 Å². The number of ketones is 1. The number of fused-ring (bicyclic) bond motifs is 1. The topological polar surface area (TPSA) is 134 Å². The number of carbonyl (C=O) groups is 2. The number of hydrogen-bond donors (Lipinski definition) is 3. The molecule has 45 heavy (non-hydrogen) atoms. The molecule has 3 aromatic heterocycles. The van der Waals surface area contributed by atoms with Crippen LogP contribution in [0.2, 0.25) is 0 Å². The number of piperidine rings is 1. The fourth-order valence-corrected chi connectivity index (χ4v) is 5.95. The Morgan fingerprint density at radius 2 is 1.82 bits per heavy atom. The fraction of sp³-hybridized carbons (Fsp3) is 0.529. The third-order valence-corrected chi connectivity index (χ3v) is 8.34. The van der Waals surface area contributed by atoms with Crippen LogP contribution in [0.1, 0.15) is 80.6 Å². The van der Waals surface area contributed by atoms with Gasteiger partial charge in [0.15, 0.2) is 5.78 Å².